The molecule has 0 aliphatic carbocycles. The largest absolute Gasteiger partial charge is 0.427 e. The van der Waals surface area contributed by atoms with E-state index in [0.717, 1.165) is 10.8 Å². The lowest BCUT2D eigenvalue weighted by Gasteiger charge is -2.10. The SMILES string of the molecule is CC(=O)Oc1ccc(NC(=O)c2nccc3ccccc23)c(Br)c1. The molecule has 0 saturated heterocycles. The van der Waals surface area contributed by atoms with Crippen molar-refractivity contribution in [2.45, 2.75) is 6.92 Å². The average Bonchev–Trinajstić information content (AvgIpc) is 2.56. The quantitative estimate of drug-likeness (QED) is 0.543. The number of carbonyl (C=O) groups is 2. The third-order valence-corrected chi connectivity index (χ3v) is 4.00. The molecular weight excluding hydrogens is 372 g/mol. The van der Waals surface area contributed by atoms with Crippen LogP contribution in [0.25, 0.3) is 10.8 Å². The van der Waals surface area contributed by atoms with Crippen molar-refractivity contribution in [2.24, 2.45) is 0 Å². The first kappa shape index (κ1) is 16.1. The first-order chi connectivity index (χ1) is 11.5. The van der Waals surface area contributed by atoms with Crippen molar-refractivity contribution in [1.29, 1.82) is 0 Å². The average molecular weight is 385 g/mol. The minimum atomic E-state index is -0.404. The Balaban J connectivity index is 1.88. The molecular formula is C18H13BrN2O3. The molecule has 0 radical (unpaired) electrons. The molecule has 0 aliphatic rings. The topological polar surface area (TPSA) is 68.3 Å². The summed E-state index contributed by atoms with van der Waals surface area (Å²) in [5.41, 5.74) is 0.912. The Morgan fingerprint density at radius 2 is 1.92 bits per heavy atom. The van der Waals surface area contributed by atoms with E-state index in [1.807, 2.05) is 30.3 Å². The lowest BCUT2D eigenvalue weighted by molar-refractivity contribution is -0.131. The number of hydrogen-bond acceptors (Lipinski definition) is 4. The smallest absolute Gasteiger partial charge is 0.308 e. The molecule has 120 valence electrons. The normalized spacial score (nSPS) is 10.4. The lowest BCUT2D eigenvalue weighted by Crippen LogP contribution is -2.14. The van der Waals surface area contributed by atoms with Crippen LogP contribution in [0.2, 0.25) is 0 Å². The number of hydrogen-bond donors (Lipinski definition) is 1. The fraction of sp³-hybridized carbons (Fsp3) is 0.0556. The molecule has 0 unspecified atom stereocenters. The van der Waals surface area contributed by atoms with Gasteiger partial charge in [0.25, 0.3) is 5.91 Å². The fourth-order valence-corrected chi connectivity index (χ4v) is 2.77. The molecule has 2 aromatic carbocycles. The molecule has 0 aliphatic heterocycles. The summed E-state index contributed by atoms with van der Waals surface area (Å²) < 4.78 is 5.61. The highest BCUT2D eigenvalue weighted by atomic mass is 79.9. The van der Waals surface area contributed by atoms with E-state index in [-0.39, 0.29) is 5.91 Å². The number of nitrogens with zero attached hydrogens (tertiary/aromatic N) is 1. The van der Waals surface area contributed by atoms with Gasteiger partial charge in [-0.1, -0.05) is 24.3 Å². The summed E-state index contributed by atoms with van der Waals surface area (Å²) >= 11 is 3.36. The Kier molecular flexibility index (Phi) is 4.57. The van der Waals surface area contributed by atoms with Crippen molar-refractivity contribution < 1.29 is 14.3 Å². The monoisotopic (exact) mass is 384 g/mol. The van der Waals surface area contributed by atoms with Gasteiger partial charge in [0, 0.05) is 23.0 Å². The highest BCUT2D eigenvalue weighted by Gasteiger charge is 2.13. The second-order valence-electron chi connectivity index (χ2n) is 5.07. The summed E-state index contributed by atoms with van der Waals surface area (Å²) in [5.74, 6) is -0.318. The lowest BCUT2D eigenvalue weighted by atomic mass is 10.1. The first-order valence-corrected chi connectivity index (χ1v) is 7.97. The van der Waals surface area contributed by atoms with E-state index in [9.17, 15) is 9.59 Å². The van der Waals surface area contributed by atoms with Gasteiger partial charge in [-0.2, -0.15) is 0 Å². The molecule has 0 fully saturated rings. The van der Waals surface area contributed by atoms with Crippen LogP contribution in [0.5, 0.6) is 5.75 Å². The number of anilines is 1. The summed E-state index contributed by atoms with van der Waals surface area (Å²) in [6, 6.07) is 14.3. The summed E-state index contributed by atoms with van der Waals surface area (Å²) in [6.45, 7) is 1.33. The van der Waals surface area contributed by atoms with Gasteiger partial charge in [0.1, 0.15) is 11.4 Å². The van der Waals surface area contributed by atoms with Gasteiger partial charge in [0.15, 0.2) is 0 Å². The zero-order chi connectivity index (χ0) is 17.1. The van der Waals surface area contributed by atoms with Crippen LogP contribution < -0.4 is 10.1 Å². The Labute approximate surface area is 146 Å². The number of nitrogens with one attached hydrogen (secondary N) is 1. The number of aromatic nitrogens is 1. The molecule has 1 heterocycles. The van der Waals surface area contributed by atoms with E-state index in [0.29, 0.717) is 21.6 Å². The molecule has 0 spiro atoms. The number of fused-ring (bicyclic) bond motifs is 1. The Morgan fingerprint density at radius 1 is 1.12 bits per heavy atom. The van der Waals surface area contributed by atoms with Crippen LogP contribution >= 0.6 is 15.9 Å². The standard InChI is InChI=1S/C18H13BrN2O3/c1-11(22)24-13-6-7-16(15(19)10-13)21-18(23)17-14-5-3-2-4-12(14)8-9-20-17/h2-10H,1H3,(H,21,23). The maximum Gasteiger partial charge on any atom is 0.308 e. The zero-order valence-electron chi connectivity index (χ0n) is 12.7. The fourth-order valence-electron chi connectivity index (χ4n) is 2.31. The van der Waals surface area contributed by atoms with E-state index in [1.54, 1.807) is 24.4 Å². The van der Waals surface area contributed by atoms with E-state index in [2.05, 4.69) is 26.2 Å². The number of amides is 1. The Bertz CT molecular complexity index is 935. The van der Waals surface area contributed by atoms with Crippen LogP contribution in [-0.2, 0) is 4.79 Å². The Morgan fingerprint density at radius 3 is 2.67 bits per heavy atom. The van der Waals surface area contributed by atoms with Gasteiger partial charge in [-0.15, -0.1) is 0 Å². The van der Waals surface area contributed by atoms with Gasteiger partial charge in [-0.25, -0.2) is 0 Å². The van der Waals surface area contributed by atoms with E-state index in [4.69, 9.17) is 4.74 Å². The number of rotatable bonds is 3. The molecule has 3 aromatic rings. The third-order valence-electron chi connectivity index (χ3n) is 3.34. The molecule has 0 bridgehead atoms. The van der Waals surface area contributed by atoms with Gasteiger partial charge >= 0.3 is 5.97 Å². The van der Waals surface area contributed by atoms with Crippen LogP contribution in [0.4, 0.5) is 5.69 Å². The number of pyridine rings is 1. The number of benzene rings is 2. The van der Waals surface area contributed by atoms with Crippen molar-refractivity contribution in [1.82, 2.24) is 4.98 Å². The molecule has 5 nitrogen and oxygen atoms in total. The van der Waals surface area contributed by atoms with Crippen molar-refractivity contribution >= 4 is 44.3 Å². The van der Waals surface area contributed by atoms with Crippen molar-refractivity contribution in [3.05, 3.63) is 64.9 Å². The van der Waals surface area contributed by atoms with Crippen LogP contribution in [0, 0.1) is 0 Å². The molecule has 6 heteroatoms. The van der Waals surface area contributed by atoms with Crippen LogP contribution in [0.1, 0.15) is 17.4 Å². The number of halogens is 1. The predicted molar refractivity (Wildman–Crippen MR) is 95.1 cm³/mol. The maximum atomic E-state index is 12.6. The summed E-state index contributed by atoms with van der Waals surface area (Å²) in [6.07, 6.45) is 1.61. The number of carbonyl (C=O) groups excluding carboxylic acids is 2. The summed E-state index contributed by atoms with van der Waals surface area (Å²) in [7, 11) is 0. The molecule has 1 amide bonds. The van der Waals surface area contributed by atoms with E-state index in [1.165, 1.54) is 6.92 Å². The molecule has 0 atom stereocenters. The molecule has 24 heavy (non-hydrogen) atoms. The zero-order valence-corrected chi connectivity index (χ0v) is 14.3. The van der Waals surface area contributed by atoms with Gasteiger partial charge in [-0.05, 0) is 45.6 Å². The predicted octanol–water partition coefficient (Wildman–Crippen LogP) is 4.17. The molecule has 0 saturated carbocycles. The highest BCUT2D eigenvalue weighted by Crippen LogP contribution is 2.28. The maximum absolute atomic E-state index is 12.6. The first-order valence-electron chi connectivity index (χ1n) is 7.17. The van der Waals surface area contributed by atoms with Crippen LogP contribution in [0.3, 0.4) is 0 Å². The second-order valence-corrected chi connectivity index (χ2v) is 5.92. The summed E-state index contributed by atoms with van der Waals surface area (Å²) in [5, 5.41) is 4.54. The minimum Gasteiger partial charge on any atom is -0.427 e. The highest BCUT2D eigenvalue weighted by molar-refractivity contribution is 9.10. The number of esters is 1. The second kappa shape index (κ2) is 6.80. The van der Waals surface area contributed by atoms with Crippen molar-refractivity contribution in [3.8, 4) is 5.75 Å². The van der Waals surface area contributed by atoms with Crippen LogP contribution in [-0.4, -0.2) is 16.9 Å². The minimum absolute atomic E-state index is 0.312. The summed E-state index contributed by atoms with van der Waals surface area (Å²) in [4.78, 5) is 27.7. The molecule has 1 aromatic heterocycles. The molecule has 3 rings (SSSR count). The Hall–Kier alpha value is -2.73. The molecule has 1 N–H and O–H groups in total. The van der Waals surface area contributed by atoms with Gasteiger partial charge in [-0.3, -0.25) is 14.6 Å². The van der Waals surface area contributed by atoms with E-state index >= 15 is 0 Å². The van der Waals surface area contributed by atoms with Crippen LogP contribution in [0.15, 0.2) is 59.2 Å². The van der Waals surface area contributed by atoms with E-state index < -0.39 is 5.97 Å². The van der Waals surface area contributed by atoms with Gasteiger partial charge in [0.05, 0.1) is 5.69 Å². The van der Waals surface area contributed by atoms with Gasteiger partial charge < -0.3 is 10.1 Å². The van der Waals surface area contributed by atoms with Crippen molar-refractivity contribution in [3.63, 3.8) is 0 Å². The third kappa shape index (κ3) is 3.44. The van der Waals surface area contributed by atoms with Crippen molar-refractivity contribution in [2.75, 3.05) is 5.32 Å². The number of ether oxygens (including phenoxy) is 1. The van der Waals surface area contributed by atoms with Gasteiger partial charge in [0.2, 0.25) is 0 Å².